The number of unbranched alkanes of at least 4 members (excludes halogenated alkanes) is 3. The number of aromatic hydroxyl groups is 1. The second-order valence-electron chi connectivity index (χ2n) is 9.25. The molecule has 0 fully saturated rings. The van der Waals surface area contributed by atoms with E-state index in [-0.39, 0.29) is 23.6 Å². The number of aryl methyl sites for hydroxylation is 1. The summed E-state index contributed by atoms with van der Waals surface area (Å²) in [6, 6.07) is 1.77. The average molecular weight is 424 g/mol. The molecule has 168 valence electrons. The highest BCUT2D eigenvalue weighted by Crippen LogP contribution is 2.49. The number of rotatable bonds is 9. The van der Waals surface area contributed by atoms with E-state index in [1.807, 2.05) is 6.92 Å². The number of phenolic OH excluding ortho intramolecular Hbond substituents is 1. The van der Waals surface area contributed by atoms with Crippen LogP contribution in [0.5, 0.6) is 11.5 Å². The summed E-state index contributed by atoms with van der Waals surface area (Å²) < 4.78 is 12.0. The molecule has 3 rings (SSSR count). The van der Waals surface area contributed by atoms with Crippen LogP contribution in [0.1, 0.15) is 100 Å². The largest absolute Gasteiger partial charge is 0.596 e. The summed E-state index contributed by atoms with van der Waals surface area (Å²) in [5.74, 6) is 0.587. The second-order valence-corrected chi connectivity index (χ2v) is 9.25. The van der Waals surface area contributed by atoms with E-state index in [2.05, 4.69) is 33.4 Å². The number of hydrogen-bond acceptors (Lipinski definition) is 4. The van der Waals surface area contributed by atoms with Crippen LogP contribution in [-0.4, -0.2) is 18.2 Å². The van der Waals surface area contributed by atoms with Crippen LogP contribution in [0.4, 0.5) is 0 Å². The highest BCUT2D eigenvalue weighted by Gasteiger charge is 2.40. The molecule has 1 aromatic carbocycles. The van der Waals surface area contributed by atoms with Gasteiger partial charge >= 0.3 is 13.1 Å². The molecule has 0 spiro atoms. The Balaban J connectivity index is 2.13. The maximum Gasteiger partial charge on any atom is 0.596 e. The van der Waals surface area contributed by atoms with Gasteiger partial charge in [0.2, 0.25) is 0 Å². The van der Waals surface area contributed by atoms with Gasteiger partial charge in [-0.3, -0.25) is 0 Å². The monoisotopic (exact) mass is 424 g/mol. The Hall–Kier alpha value is -2.17. The molecule has 4 nitrogen and oxygen atoms in total. The zero-order chi connectivity index (χ0) is 22.5. The molecule has 0 radical (unpaired) electrons. The maximum atomic E-state index is 13.1. The molecule has 31 heavy (non-hydrogen) atoms. The van der Waals surface area contributed by atoms with Gasteiger partial charge in [-0.25, -0.2) is 4.79 Å². The first-order valence-electron chi connectivity index (χ1n) is 12.0. The summed E-state index contributed by atoms with van der Waals surface area (Å²) in [6.45, 7) is 12.7. The van der Waals surface area contributed by atoms with Crippen molar-refractivity contribution in [2.75, 3.05) is 0 Å². The van der Waals surface area contributed by atoms with E-state index < -0.39 is 7.12 Å². The molecule has 0 amide bonds. The van der Waals surface area contributed by atoms with Crippen molar-refractivity contribution in [3.63, 3.8) is 0 Å². The fourth-order valence-electron chi connectivity index (χ4n) is 4.87. The fourth-order valence-corrected chi connectivity index (χ4v) is 4.87. The summed E-state index contributed by atoms with van der Waals surface area (Å²) in [5.41, 5.74) is 4.44. The molecule has 0 bridgehead atoms. The van der Waals surface area contributed by atoms with E-state index in [1.54, 1.807) is 6.07 Å². The fraction of sp³-hybridized carbons (Fsp3) is 0.577. The van der Waals surface area contributed by atoms with E-state index in [1.165, 1.54) is 5.57 Å². The highest BCUT2D eigenvalue weighted by atomic mass is 16.6. The lowest BCUT2D eigenvalue weighted by Crippen LogP contribution is -2.36. The Morgan fingerprint density at radius 1 is 1.23 bits per heavy atom. The molecule has 0 unspecified atom stereocenters. The van der Waals surface area contributed by atoms with E-state index in [0.717, 1.165) is 68.1 Å². The zero-order valence-electron chi connectivity index (χ0n) is 19.6. The van der Waals surface area contributed by atoms with Gasteiger partial charge in [0.25, 0.3) is 0 Å². The van der Waals surface area contributed by atoms with Crippen LogP contribution in [0.15, 0.2) is 29.9 Å². The molecule has 1 aliphatic heterocycles. The molecule has 2 aliphatic rings. The smallest absolute Gasteiger partial charge is 0.525 e. The lowest BCUT2D eigenvalue weighted by Gasteiger charge is -2.35. The van der Waals surface area contributed by atoms with Gasteiger partial charge in [-0.1, -0.05) is 63.3 Å². The minimum atomic E-state index is -0.596. The van der Waals surface area contributed by atoms with Crippen LogP contribution in [0, 0.1) is 5.92 Å². The van der Waals surface area contributed by atoms with Gasteiger partial charge in [0.15, 0.2) is 0 Å². The summed E-state index contributed by atoms with van der Waals surface area (Å²) in [4.78, 5) is 13.1. The van der Waals surface area contributed by atoms with E-state index in [4.69, 9.17) is 9.31 Å². The summed E-state index contributed by atoms with van der Waals surface area (Å²) in [6.07, 6.45) is 10.7. The Kier molecular flexibility index (Phi) is 7.91. The Bertz CT molecular complexity index is 857. The van der Waals surface area contributed by atoms with Crippen molar-refractivity contribution in [2.45, 2.75) is 91.3 Å². The standard InChI is InChI=1S/C26H37BO4/c1-6-8-10-11-19-16-22(28)24(21-15-18(5)12-13-20(21)17(3)4)25-23(19)26(29)31-27(30-25)14-9-7-2/h15-16,20-21,28H,3,6-14H2,1-2,4-5H3/t20-,21+/m0/s1. The van der Waals surface area contributed by atoms with E-state index in [0.29, 0.717) is 17.6 Å². The number of benzene rings is 1. The van der Waals surface area contributed by atoms with Crippen LogP contribution in [-0.2, 0) is 11.1 Å². The molecule has 1 heterocycles. The van der Waals surface area contributed by atoms with Crippen molar-refractivity contribution in [1.29, 1.82) is 0 Å². The third-order valence-corrected chi connectivity index (χ3v) is 6.63. The Morgan fingerprint density at radius 2 is 1.97 bits per heavy atom. The average Bonchev–Trinajstić information content (AvgIpc) is 2.71. The van der Waals surface area contributed by atoms with Crippen molar-refractivity contribution in [2.24, 2.45) is 5.92 Å². The molecule has 1 aliphatic carbocycles. The van der Waals surface area contributed by atoms with E-state index >= 15 is 0 Å². The molecule has 5 heteroatoms. The van der Waals surface area contributed by atoms with Crippen LogP contribution < -0.4 is 4.65 Å². The number of hydrogen-bond donors (Lipinski definition) is 1. The van der Waals surface area contributed by atoms with Crippen LogP contribution in [0.3, 0.4) is 0 Å². The first-order chi connectivity index (χ1) is 14.9. The molecule has 1 N–H and O–H groups in total. The molecular weight excluding hydrogens is 387 g/mol. The zero-order valence-corrected chi connectivity index (χ0v) is 19.6. The summed E-state index contributed by atoms with van der Waals surface area (Å²) in [7, 11) is -0.596. The van der Waals surface area contributed by atoms with Crippen LogP contribution in [0.25, 0.3) is 0 Å². The van der Waals surface area contributed by atoms with Gasteiger partial charge in [0, 0.05) is 17.8 Å². The maximum absolute atomic E-state index is 13.1. The third-order valence-electron chi connectivity index (χ3n) is 6.63. The topological polar surface area (TPSA) is 55.8 Å². The van der Waals surface area contributed by atoms with E-state index in [9.17, 15) is 9.90 Å². The predicted octanol–water partition coefficient (Wildman–Crippen LogP) is 6.98. The minimum Gasteiger partial charge on any atom is -0.525 e. The van der Waals surface area contributed by atoms with Crippen LogP contribution >= 0.6 is 0 Å². The predicted molar refractivity (Wildman–Crippen MR) is 127 cm³/mol. The van der Waals surface area contributed by atoms with Gasteiger partial charge < -0.3 is 14.4 Å². The van der Waals surface area contributed by atoms with Gasteiger partial charge in [0.1, 0.15) is 17.1 Å². The number of carbonyl (C=O) groups is 1. The molecule has 2 atom stereocenters. The highest BCUT2D eigenvalue weighted by molar-refractivity contribution is 6.49. The molecule has 0 aromatic heterocycles. The van der Waals surface area contributed by atoms with Gasteiger partial charge in [-0.2, -0.15) is 0 Å². The number of carbonyl (C=O) groups excluding carboxylic acids is 1. The van der Waals surface area contributed by atoms with Crippen molar-refractivity contribution in [1.82, 2.24) is 0 Å². The quantitative estimate of drug-likeness (QED) is 0.264. The van der Waals surface area contributed by atoms with Gasteiger partial charge in [-0.15, -0.1) is 0 Å². The summed E-state index contributed by atoms with van der Waals surface area (Å²) >= 11 is 0. The van der Waals surface area contributed by atoms with Crippen molar-refractivity contribution >= 4 is 13.1 Å². The molecule has 1 aromatic rings. The normalized spacial score (nSPS) is 20.6. The first kappa shape index (κ1) is 23.5. The van der Waals surface area contributed by atoms with Gasteiger partial charge in [-0.05, 0) is 57.1 Å². The number of phenols is 1. The van der Waals surface area contributed by atoms with Crippen LogP contribution in [0.2, 0.25) is 6.32 Å². The third kappa shape index (κ3) is 5.19. The minimum absolute atomic E-state index is 0.0533. The number of allylic oxidation sites excluding steroid dienone is 3. The lowest BCUT2D eigenvalue weighted by atomic mass is 9.72. The Morgan fingerprint density at radius 3 is 2.65 bits per heavy atom. The van der Waals surface area contributed by atoms with Gasteiger partial charge in [0.05, 0.1) is 0 Å². The molecular formula is C26H37BO4. The van der Waals surface area contributed by atoms with Crippen molar-refractivity contribution in [3.8, 4) is 11.5 Å². The summed E-state index contributed by atoms with van der Waals surface area (Å²) in [5, 5.41) is 11.2. The van der Waals surface area contributed by atoms with Crippen molar-refractivity contribution in [3.05, 3.63) is 46.6 Å². The number of fused-ring (bicyclic) bond motifs is 1. The SMILES string of the molecule is C=C(C)[C@@H]1CCC(C)=C[C@H]1c1c(O)cc(CCCCC)c2c1OB(CCCC)OC2=O. The van der Waals surface area contributed by atoms with Crippen molar-refractivity contribution < 1.29 is 19.2 Å². The second kappa shape index (κ2) is 10.4. The lowest BCUT2D eigenvalue weighted by molar-refractivity contribution is 0.0675. The Labute approximate surface area is 187 Å². The first-order valence-corrected chi connectivity index (χ1v) is 12.0. The molecule has 0 saturated carbocycles. The molecule has 0 saturated heterocycles.